The molecule has 1 aromatic carbocycles. The van der Waals surface area contributed by atoms with Gasteiger partial charge in [-0.25, -0.2) is 4.98 Å². The maximum Gasteiger partial charge on any atom is 0.139 e. The summed E-state index contributed by atoms with van der Waals surface area (Å²) in [5.41, 5.74) is 7.38. The van der Waals surface area contributed by atoms with Crippen molar-refractivity contribution in [3.8, 4) is 0 Å². The van der Waals surface area contributed by atoms with Crippen LogP contribution in [0.3, 0.4) is 0 Å². The summed E-state index contributed by atoms with van der Waals surface area (Å²) in [6.45, 7) is 3.48. The highest BCUT2D eigenvalue weighted by Crippen LogP contribution is 2.33. The molecule has 0 bridgehead atoms. The third-order valence-corrected chi connectivity index (χ3v) is 3.33. The van der Waals surface area contributed by atoms with Gasteiger partial charge in [-0.05, 0) is 18.2 Å². The molecule has 4 N–H and O–H groups in total. The fourth-order valence-electron chi connectivity index (χ4n) is 1.92. The van der Waals surface area contributed by atoms with Gasteiger partial charge < -0.3 is 20.5 Å². The molecule has 5 heteroatoms. The molecule has 0 amide bonds. The van der Waals surface area contributed by atoms with Crippen molar-refractivity contribution in [2.45, 2.75) is 20.0 Å². The van der Waals surface area contributed by atoms with Gasteiger partial charge in [-0.15, -0.1) is 0 Å². The lowest BCUT2D eigenvalue weighted by Gasteiger charge is -2.27. The molecule has 2 aromatic rings. The second kappa shape index (κ2) is 4.26. The lowest BCUT2D eigenvalue weighted by molar-refractivity contribution is -0.000463. The molecule has 1 aromatic heterocycles. The number of imidazole rings is 1. The van der Waals surface area contributed by atoms with Crippen molar-refractivity contribution in [3.63, 3.8) is 0 Å². The van der Waals surface area contributed by atoms with Crippen molar-refractivity contribution in [1.29, 1.82) is 0 Å². The van der Waals surface area contributed by atoms with Crippen molar-refractivity contribution < 1.29 is 10.2 Å². The van der Waals surface area contributed by atoms with Crippen LogP contribution in [0.5, 0.6) is 0 Å². The molecule has 5 nitrogen and oxygen atoms in total. The van der Waals surface area contributed by atoms with Crippen LogP contribution in [0.4, 0.5) is 5.69 Å². The van der Waals surface area contributed by atoms with Crippen LogP contribution in [0.25, 0.3) is 11.0 Å². The molecule has 0 unspecified atom stereocenters. The van der Waals surface area contributed by atoms with Crippen LogP contribution >= 0.6 is 0 Å². The Morgan fingerprint density at radius 2 is 2.11 bits per heavy atom. The summed E-state index contributed by atoms with van der Waals surface area (Å²) in [6, 6.07) is 5.45. The number of nitrogens with two attached hydrogens (primary N) is 1. The van der Waals surface area contributed by atoms with Crippen molar-refractivity contribution in [3.05, 3.63) is 24.0 Å². The molecule has 0 aliphatic carbocycles. The number of aromatic nitrogens is 2. The van der Waals surface area contributed by atoms with E-state index in [1.807, 2.05) is 17.7 Å². The SMILES string of the molecule is Cn1c([C@H](O)C(C)(C)CO)nc2cc(N)ccc21. The Balaban J connectivity index is 2.55. The molecule has 0 aliphatic rings. The minimum atomic E-state index is -0.832. The Labute approximate surface area is 106 Å². The van der Waals surface area contributed by atoms with Crippen LogP contribution in [-0.2, 0) is 7.05 Å². The molecule has 1 heterocycles. The molecule has 0 saturated carbocycles. The summed E-state index contributed by atoms with van der Waals surface area (Å²) in [4.78, 5) is 4.41. The molecule has 0 fully saturated rings. The molecule has 0 spiro atoms. The maximum absolute atomic E-state index is 10.3. The van der Waals surface area contributed by atoms with Gasteiger partial charge in [0.05, 0.1) is 17.6 Å². The first-order chi connectivity index (χ1) is 8.36. The number of nitrogens with zero attached hydrogens (tertiary/aromatic N) is 2. The minimum Gasteiger partial charge on any atom is -0.399 e. The smallest absolute Gasteiger partial charge is 0.139 e. The van der Waals surface area contributed by atoms with Crippen molar-refractivity contribution in [2.24, 2.45) is 12.5 Å². The molecule has 0 radical (unpaired) electrons. The van der Waals surface area contributed by atoms with Gasteiger partial charge >= 0.3 is 0 Å². The van der Waals surface area contributed by atoms with E-state index in [-0.39, 0.29) is 6.61 Å². The summed E-state index contributed by atoms with van der Waals surface area (Å²) in [7, 11) is 1.84. The molecular formula is C13H19N3O2. The number of hydrogen-bond acceptors (Lipinski definition) is 4. The maximum atomic E-state index is 10.3. The highest BCUT2D eigenvalue weighted by molar-refractivity contribution is 5.79. The van der Waals surface area contributed by atoms with Gasteiger partial charge in [0.15, 0.2) is 0 Å². The third-order valence-electron chi connectivity index (χ3n) is 3.33. The topological polar surface area (TPSA) is 84.3 Å². The van der Waals surface area contributed by atoms with Crippen LogP contribution in [0.15, 0.2) is 18.2 Å². The van der Waals surface area contributed by atoms with E-state index >= 15 is 0 Å². The van der Waals surface area contributed by atoms with Crippen molar-refractivity contribution in [2.75, 3.05) is 12.3 Å². The fraction of sp³-hybridized carbons (Fsp3) is 0.462. The average molecular weight is 249 g/mol. The summed E-state index contributed by atoms with van der Waals surface area (Å²) in [6.07, 6.45) is -0.832. The van der Waals surface area contributed by atoms with Gasteiger partial charge in [0.2, 0.25) is 0 Å². The molecular weight excluding hydrogens is 230 g/mol. The second-order valence-electron chi connectivity index (χ2n) is 5.33. The number of aliphatic hydroxyl groups excluding tert-OH is 2. The summed E-state index contributed by atoms with van der Waals surface area (Å²) >= 11 is 0. The zero-order chi connectivity index (χ0) is 13.5. The fourth-order valence-corrected chi connectivity index (χ4v) is 1.92. The normalized spacial score (nSPS) is 14.1. The Bertz CT molecular complexity index is 575. The van der Waals surface area contributed by atoms with Gasteiger partial charge in [0.1, 0.15) is 11.9 Å². The van der Waals surface area contributed by atoms with Crippen LogP contribution < -0.4 is 5.73 Å². The molecule has 98 valence electrons. The third kappa shape index (κ3) is 1.95. The van der Waals surface area contributed by atoms with E-state index in [9.17, 15) is 10.2 Å². The van der Waals surface area contributed by atoms with E-state index in [1.54, 1.807) is 26.0 Å². The lowest BCUT2D eigenvalue weighted by Crippen LogP contribution is -2.28. The number of aryl methyl sites for hydroxylation is 1. The molecule has 1 atom stereocenters. The number of aliphatic hydroxyl groups is 2. The Hall–Kier alpha value is -1.59. The average Bonchev–Trinajstić information content (AvgIpc) is 2.65. The zero-order valence-electron chi connectivity index (χ0n) is 10.9. The first-order valence-corrected chi connectivity index (χ1v) is 5.87. The largest absolute Gasteiger partial charge is 0.399 e. The highest BCUT2D eigenvalue weighted by Gasteiger charge is 2.32. The predicted octanol–water partition coefficient (Wildman–Crippen LogP) is 1.21. The van der Waals surface area contributed by atoms with E-state index in [1.165, 1.54) is 0 Å². The minimum absolute atomic E-state index is 0.112. The van der Waals surface area contributed by atoms with Crippen molar-refractivity contribution in [1.82, 2.24) is 9.55 Å². The first-order valence-electron chi connectivity index (χ1n) is 5.87. The molecule has 0 saturated heterocycles. The number of nitrogen functional groups attached to an aromatic ring is 1. The second-order valence-corrected chi connectivity index (χ2v) is 5.33. The Morgan fingerprint density at radius 3 is 2.72 bits per heavy atom. The number of benzene rings is 1. The highest BCUT2D eigenvalue weighted by atomic mass is 16.3. The van der Waals surface area contributed by atoms with Gasteiger partial charge in [-0.3, -0.25) is 0 Å². The number of rotatable bonds is 3. The summed E-state index contributed by atoms with van der Waals surface area (Å²) in [5, 5.41) is 19.6. The monoisotopic (exact) mass is 249 g/mol. The first kappa shape index (κ1) is 12.9. The van der Waals surface area contributed by atoms with Gasteiger partial charge in [-0.1, -0.05) is 13.8 Å². The molecule has 0 aliphatic heterocycles. The van der Waals surface area contributed by atoms with Crippen LogP contribution in [0.2, 0.25) is 0 Å². The standard InChI is InChI=1S/C13H19N3O2/c1-13(2,7-17)11(18)12-15-9-6-8(14)4-5-10(9)16(12)3/h4-6,11,17-18H,7,14H2,1-3H3/t11-/m0/s1. The zero-order valence-corrected chi connectivity index (χ0v) is 10.9. The predicted molar refractivity (Wildman–Crippen MR) is 71.0 cm³/mol. The number of fused-ring (bicyclic) bond motifs is 1. The quantitative estimate of drug-likeness (QED) is 0.714. The van der Waals surface area contributed by atoms with Gasteiger partial charge in [-0.2, -0.15) is 0 Å². The van der Waals surface area contributed by atoms with Gasteiger partial charge in [0, 0.05) is 18.2 Å². The van der Waals surface area contributed by atoms with E-state index in [0.29, 0.717) is 11.5 Å². The van der Waals surface area contributed by atoms with E-state index in [2.05, 4.69) is 4.98 Å². The van der Waals surface area contributed by atoms with E-state index in [0.717, 1.165) is 11.0 Å². The number of anilines is 1. The van der Waals surface area contributed by atoms with Crippen LogP contribution in [0.1, 0.15) is 25.8 Å². The van der Waals surface area contributed by atoms with Gasteiger partial charge in [0.25, 0.3) is 0 Å². The van der Waals surface area contributed by atoms with E-state index in [4.69, 9.17) is 5.73 Å². The Morgan fingerprint density at radius 1 is 1.44 bits per heavy atom. The molecule has 2 rings (SSSR count). The number of hydrogen-bond donors (Lipinski definition) is 3. The summed E-state index contributed by atoms with van der Waals surface area (Å²) in [5.74, 6) is 0.537. The summed E-state index contributed by atoms with van der Waals surface area (Å²) < 4.78 is 1.83. The Kier molecular flexibility index (Phi) is 3.04. The van der Waals surface area contributed by atoms with E-state index < -0.39 is 11.5 Å². The lowest BCUT2D eigenvalue weighted by atomic mass is 9.87. The van der Waals surface area contributed by atoms with Crippen LogP contribution in [0, 0.1) is 5.41 Å². The molecule has 18 heavy (non-hydrogen) atoms. The van der Waals surface area contributed by atoms with Crippen LogP contribution in [-0.4, -0.2) is 26.4 Å². The van der Waals surface area contributed by atoms with Crippen molar-refractivity contribution >= 4 is 16.7 Å².